The van der Waals surface area contributed by atoms with Crippen LogP contribution in [0.25, 0.3) is 0 Å². The largest absolute Gasteiger partial charge is 0.378 e. The summed E-state index contributed by atoms with van der Waals surface area (Å²) in [7, 11) is 0. The summed E-state index contributed by atoms with van der Waals surface area (Å²) in [6.07, 6.45) is 1.04. The molecule has 2 atom stereocenters. The molecule has 0 aromatic carbocycles. The summed E-state index contributed by atoms with van der Waals surface area (Å²) in [5, 5.41) is 3.54. The first-order valence-electron chi connectivity index (χ1n) is 4.19. The zero-order valence-corrected chi connectivity index (χ0v) is 7.43. The van der Waals surface area contributed by atoms with Gasteiger partial charge in [0.25, 0.3) is 0 Å². The van der Waals surface area contributed by atoms with Crippen LogP contribution in [0.4, 0.5) is 0 Å². The Morgan fingerprint density at radius 1 is 1.58 bits per heavy atom. The van der Waals surface area contributed by atoms with Gasteiger partial charge in [-0.05, 0) is 0 Å². The fraction of sp³-hybridized carbons (Fsp3) is 0.625. The van der Waals surface area contributed by atoms with Crippen LogP contribution in [0.5, 0.6) is 0 Å². The Kier molecular flexibility index (Phi) is 1.47. The van der Waals surface area contributed by atoms with Gasteiger partial charge in [-0.15, -0.1) is 11.3 Å². The Morgan fingerprint density at radius 2 is 2.58 bits per heavy atom. The third-order valence-corrected chi connectivity index (χ3v) is 3.45. The molecular formula is C8H10N2OS. The van der Waals surface area contributed by atoms with Crippen molar-refractivity contribution in [1.29, 1.82) is 0 Å². The summed E-state index contributed by atoms with van der Waals surface area (Å²) in [5.74, 6) is 0. The van der Waals surface area contributed by atoms with E-state index in [1.54, 1.807) is 11.3 Å². The van der Waals surface area contributed by atoms with Crippen LogP contribution in [0.3, 0.4) is 0 Å². The molecule has 1 fully saturated rings. The Balaban J connectivity index is 2.04. The van der Waals surface area contributed by atoms with Crippen LogP contribution in [0.2, 0.25) is 0 Å². The molecule has 0 spiro atoms. The molecule has 0 saturated carbocycles. The summed E-state index contributed by atoms with van der Waals surface area (Å²) < 4.78 is 5.48. The van der Waals surface area contributed by atoms with E-state index in [4.69, 9.17) is 4.74 Å². The third kappa shape index (κ3) is 0.920. The Labute approximate surface area is 74.8 Å². The van der Waals surface area contributed by atoms with Gasteiger partial charge >= 0.3 is 0 Å². The number of morpholine rings is 1. The van der Waals surface area contributed by atoms with Gasteiger partial charge in [-0.1, -0.05) is 0 Å². The van der Waals surface area contributed by atoms with Crippen molar-refractivity contribution < 1.29 is 4.74 Å². The minimum Gasteiger partial charge on any atom is -0.378 e. The molecule has 3 nitrogen and oxygen atoms in total. The van der Waals surface area contributed by atoms with E-state index >= 15 is 0 Å². The normalized spacial score (nSPS) is 33.0. The first-order valence-corrected chi connectivity index (χ1v) is 5.07. The van der Waals surface area contributed by atoms with Crippen molar-refractivity contribution in [2.45, 2.75) is 18.5 Å². The van der Waals surface area contributed by atoms with E-state index in [-0.39, 0.29) is 0 Å². The highest BCUT2D eigenvalue weighted by Crippen LogP contribution is 2.30. The van der Waals surface area contributed by atoms with Gasteiger partial charge in [-0.2, -0.15) is 0 Å². The summed E-state index contributed by atoms with van der Waals surface area (Å²) >= 11 is 1.74. The van der Waals surface area contributed by atoms with Gasteiger partial charge in [0, 0.05) is 17.3 Å². The molecule has 2 aliphatic rings. The number of ether oxygens (including phenoxy) is 1. The quantitative estimate of drug-likeness (QED) is 0.642. The summed E-state index contributed by atoms with van der Waals surface area (Å²) in [4.78, 5) is 5.74. The van der Waals surface area contributed by atoms with Crippen LogP contribution in [-0.4, -0.2) is 24.2 Å². The average molecular weight is 182 g/mol. The average Bonchev–Trinajstić information content (AvgIpc) is 2.53. The van der Waals surface area contributed by atoms with E-state index in [0.717, 1.165) is 19.6 Å². The van der Waals surface area contributed by atoms with Gasteiger partial charge in [-0.3, -0.25) is 0 Å². The highest BCUT2D eigenvalue weighted by Gasteiger charge is 2.31. The number of fused-ring (bicyclic) bond motifs is 4. The first kappa shape index (κ1) is 7.00. The Morgan fingerprint density at radius 3 is 3.58 bits per heavy atom. The lowest BCUT2D eigenvalue weighted by molar-refractivity contribution is 0.0395. The van der Waals surface area contributed by atoms with Crippen molar-refractivity contribution in [2.75, 3.05) is 13.2 Å². The number of hydrogen-bond acceptors (Lipinski definition) is 4. The molecule has 1 saturated heterocycles. The van der Waals surface area contributed by atoms with E-state index in [9.17, 15) is 0 Å². The Hall–Kier alpha value is -0.450. The number of rotatable bonds is 0. The third-order valence-electron chi connectivity index (χ3n) is 2.47. The number of hydrogen-bond donors (Lipinski definition) is 1. The molecule has 1 N–H and O–H groups in total. The van der Waals surface area contributed by atoms with Gasteiger partial charge in [0.05, 0.1) is 30.5 Å². The van der Waals surface area contributed by atoms with Gasteiger partial charge < -0.3 is 10.1 Å². The van der Waals surface area contributed by atoms with Crippen LogP contribution in [0, 0.1) is 0 Å². The maximum Gasteiger partial charge on any atom is 0.0798 e. The van der Waals surface area contributed by atoms with Crippen molar-refractivity contribution >= 4 is 11.3 Å². The zero-order valence-electron chi connectivity index (χ0n) is 6.62. The van der Waals surface area contributed by atoms with Crippen molar-refractivity contribution in [3.63, 3.8) is 0 Å². The maximum atomic E-state index is 5.48. The van der Waals surface area contributed by atoms with Gasteiger partial charge in [0.2, 0.25) is 0 Å². The number of thiazole rings is 1. The van der Waals surface area contributed by atoms with Crippen molar-refractivity contribution in [3.8, 4) is 0 Å². The highest BCUT2D eigenvalue weighted by molar-refractivity contribution is 7.09. The molecule has 4 heteroatoms. The maximum absolute atomic E-state index is 5.48. The second-order valence-corrected chi connectivity index (χ2v) is 4.21. The van der Waals surface area contributed by atoms with Gasteiger partial charge in [-0.25, -0.2) is 4.98 Å². The predicted molar refractivity (Wildman–Crippen MR) is 46.3 cm³/mol. The molecule has 3 rings (SSSR count). The standard InChI is InChI=1S/C8H10N2OS/c1-5-2-11-3-7(10-5)8-6(1)9-4-12-8/h4-5,7,10H,1-3H2. The van der Waals surface area contributed by atoms with E-state index in [1.807, 2.05) is 5.51 Å². The van der Waals surface area contributed by atoms with Crippen molar-refractivity contribution in [1.82, 2.24) is 10.3 Å². The minimum absolute atomic E-state index is 0.417. The van der Waals surface area contributed by atoms with Gasteiger partial charge in [0.15, 0.2) is 0 Å². The number of nitrogens with zero attached hydrogens (tertiary/aromatic N) is 1. The van der Waals surface area contributed by atoms with Gasteiger partial charge in [0.1, 0.15) is 0 Å². The SMILES string of the molecule is c1nc2c(s1)C1COCC(C2)N1. The van der Waals surface area contributed by atoms with Crippen LogP contribution in [0.1, 0.15) is 16.6 Å². The van der Waals surface area contributed by atoms with Crippen LogP contribution in [-0.2, 0) is 11.2 Å². The molecule has 2 bridgehead atoms. The zero-order chi connectivity index (χ0) is 7.97. The number of nitrogens with one attached hydrogen (secondary N) is 1. The topological polar surface area (TPSA) is 34.1 Å². The molecule has 64 valence electrons. The molecule has 3 heterocycles. The minimum atomic E-state index is 0.417. The molecule has 1 aromatic heterocycles. The van der Waals surface area contributed by atoms with E-state index in [0.29, 0.717) is 12.1 Å². The fourth-order valence-corrected chi connectivity index (χ4v) is 2.79. The van der Waals surface area contributed by atoms with Crippen LogP contribution in [0.15, 0.2) is 5.51 Å². The lowest BCUT2D eigenvalue weighted by Crippen LogP contribution is -2.48. The molecule has 2 unspecified atom stereocenters. The second kappa shape index (κ2) is 2.52. The van der Waals surface area contributed by atoms with Crippen molar-refractivity contribution in [2.24, 2.45) is 0 Å². The Bertz CT molecular complexity index is 299. The highest BCUT2D eigenvalue weighted by atomic mass is 32.1. The second-order valence-electron chi connectivity index (χ2n) is 3.32. The predicted octanol–water partition coefficient (Wildman–Crippen LogP) is 0.729. The fourth-order valence-electron chi connectivity index (χ4n) is 1.93. The van der Waals surface area contributed by atoms with Crippen LogP contribution < -0.4 is 5.32 Å². The van der Waals surface area contributed by atoms with E-state index in [2.05, 4.69) is 10.3 Å². The van der Waals surface area contributed by atoms with E-state index < -0.39 is 0 Å². The summed E-state index contributed by atoms with van der Waals surface area (Å²) in [6.45, 7) is 1.65. The molecular weight excluding hydrogens is 172 g/mol. The molecule has 12 heavy (non-hydrogen) atoms. The van der Waals surface area contributed by atoms with Crippen LogP contribution >= 0.6 is 11.3 Å². The molecule has 0 radical (unpaired) electrons. The summed E-state index contributed by atoms with van der Waals surface area (Å²) in [5.41, 5.74) is 3.23. The number of aromatic nitrogens is 1. The lowest BCUT2D eigenvalue weighted by Gasteiger charge is -2.34. The molecule has 0 amide bonds. The summed E-state index contributed by atoms with van der Waals surface area (Å²) in [6, 6.07) is 0.915. The monoisotopic (exact) mass is 182 g/mol. The first-order chi connectivity index (χ1) is 5.93. The molecule has 1 aromatic rings. The molecule has 0 aliphatic carbocycles. The van der Waals surface area contributed by atoms with E-state index in [1.165, 1.54) is 10.6 Å². The van der Waals surface area contributed by atoms with Crippen molar-refractivity contribution in [3.05, 3.63) is 16.1 Å². The smallest absolute Gasteiger partial charge is 0.0798 e. The molecule has 2 aliphatic heterocycles. The lowest BCUT2D eigenvalue weighted by atomic mass is 10.0.